The number of carbonyl (C=O) groups excluding carboxylic acids is 2. The number of rotatable bonds is 5. The normalized spacial score (nSPS) is 11.2. The average molecular weight is 282 g/mol. The van der Waals surface area contributed by atoms with Crippen molar-refractivity contribution in [2.45, 2.75) is 34.2 Å². The van der Waals surface area contributed by atoms with Crippen LogP contribution in [0.2, 0.25) is 0 Å². The summed E-state index contributed by atoms with van der Waals surface area (Å²) in [6.45, 7) is 7.64. The molecule has 0 fully saturated rings. The molecule has 1 rings (SSSR count). The van der Waals surface area contributed by atoms with E-state index in [9.17, 15) is 9.59 Å². The van der Waals surface area contributed by atoms with E-state index in [1.807, 2.05) is 0 Å². The van der Waals surface area contributed by atoms with E-state index in [1.165, 1.54) is 0 Å². The van der Waals surface area contributed by atoms with Crippen LogP contribution in [0, 0.1) is 12.3 Å². The first-order valence-electron chi connectivity index (χ1n) is 6.46. The molecule has 0 saturated carbocycles. The molecule has 3 N–H and O–H groups in total. The van der Waals surface area contributed by atoms with Crippen LogP contribution in [0.1, 0.15) is 37.1 Å². The van der Waals surface area contributed by atoms with Crippen LogP contribution in [-0.2, 0) is 16.1 Å². The molecule has 0 spiro atoms. The molecular weight excluding hydrogens is 260 g/mol. The van der Waals surface area contributed by atoms with Gasteiger partial charge in [0.05, 0.1) is 12.0 Å². The Hall–Kier alpha value is -2.05. The van der Waals surface area contributed by atoms with Crippen LogP contribution in [0.4, 0.5) is 5.82 Å². The van der Waals surface area contributed by atoms with Gasteiger partial charge in [0.25, 0.3) is 0 Å². The molecule has 1 heterocycles. The lowest BCUT2D eigenvalue weighted by Gasteiger charge is -2.24. The maximum atomic E-state index is 11.8. The molecule has 0 aliphatic heterocycles. The van der Waals surface area contributed by atoms with Crippen LogP contribution in [0.5, 0.6) is 0 Å². The Morgan fingerprint density at radius 1 is 1.45 bits per heavy atom. The van der Waals surface area contributed by atoms with Crippen molar-refractivity contribution in [2.75, 3.05) is 19.4 Å². The van der Waals surface area contributed by atoms with E-state index in [4.69, 9.17) is 10.5 Å². The average Bonchev–Trinajstić information content (AvgIpc) is 2.65. The first-order chi connectivity index (χ1) is 9.24. The summed E-state index contributed by atoms with van der Waals surface area (Å²) in [5, 5.41) is 2.61. The van der Waals surface area contributed by atoms with E-state index >= 15 is 0 Å². The Balaban J connectivity index is 3.09. The van der Waals surface area contributed by atoms with Gasteiger partial charge in [0, 0.05) is 13.6 Å². The maximum Gasteiger partial charge on any atom is 0.360 e. The summed E-state index contributed by atoms with van der Waals surface area (Å²) in [5.74, 6) is 0.132. The minimum absolute atomic E-state index is 0.0945. The highest BCUT2D eigenvalue weighted by molar-refractivity contribution is 5.92. The molecule has 0 aromatic carbocycles. The molecule has 0 bridgehead atoms. The van der Waals surface area contributed by atoms with Crippen molar-refractivity contribution in [3.63, 3.8) is 0 Å². The van der Waals surface area contributed by atoms with Crippen molar-refractivity contribution in [1.82, 2.24) is 14.9 Å². The molecule has 0 aliphatic rings. The Morgan fingerprint density at radius 3 is 2.55 bits per heavy atom. The van der Waals surface area contributed by atoms with Crippen molar-refractivity contribution in [2.24, 2.45) is 5.41 Å². The topological polar surface area (TPSA) is 99.2 Å². The summed E-state index contributed by atoms with van der Waals surface area (Å²) < 4.78 is 6.56. The van der Waals surface area contributed by atoms with Crippen molar-refractivity contribution >= 4 is 17.7 Å². The molecule has 1 aromatic heterocycles. The van der Waals surface area contributed by atoms with Gasteiger partial charge < -0.3 is 20.4 Å². The van der Waals surface area contributed by atoms with E-state index in [-0.39, 0.29) is 24.0 Å². The number of esters is 1. The predicted octanol–water partition coefficient (Wildman–Crippen LogP) is 0.723. The molecular formula is C13H22N4O3. The van der Waals surface area contributed by atoms with Gasteiger partial charge >= 0.3 is 5.97 Å². The molecule has 0 radical (unpaired) electrons. The maximum absolute atomic E-state index is 11.8. The molecule has 7 heteroatoms. The molecule has 7 nitrogen and oxygen atoms in total. The summed E-state index contributed by atoms with van der Waals surface area (Å²) in [5.41, 5.74) is 5.38. The van der Waals surface area contributed by atoms with Crippen molar-refractivity contribution in [3.05, 3.63) is 11.5 Å². The molecule has 1 amide bonds. The van der Waals surface area contributed by atoms with Crippen LogP contribution in [0.15, 0.2) is 0 Å². The lowest BCUT2D eigenvalue weighted by Crippen LogP contribution is -2.38. The molecule has 20 heavy (non-hydrogen) atoms. The Labute approximate surface area is 118 Å². The highest BCUT2D eigenvalue weighted by atomic mass is 16.5. The summed E-state index contributed by atoms with van der Waals surface area (Å²) in [4.78, 5) is 27.7. The Bertz CT molecular complexity index is 520. The second-order valence-corrected chi connectivity index (χ2v) is 5.16. The smallest absolute Gasteiger partial charge is 0.360 e. The van der Waals surface area contributed by atoms with Gasteiger partial charge in [-0.3, -0.25) is 4.79 Å². The number of carbonyl (C=O) groups is 2. The number of amides is 1. The molecule has 0 saturated heterocycles. The van der Waals surface area contributed by atoms with Gasteiger partial charge in [-0.1, -0.05) is 0 Å². The van der Waals surface area contributed by atoms with Crippen molar-refractivity contribution < 1.29 is 14.3 Å². The number of ether oxygens (including phenoxy) is 1. The van der Waals surface area contributed by atoms with Crippen LogP contribution < -0.4 is 11.1 Å². The predicted molar refractivity (Wildman–Crippen MR) is 75.2 cm³/mol. The molecule has 0 unspecified atom stereocenters. The fourth-order valence-corrected chi connectivity index (χ4v) is 1.94. The zero-order valence-corrected chi connectivity index (χ0v) is 12.6. The van der Waals surface area contributed by atoms with Crippen LogP contribution in [-0.4, -0.2) is 35.1 Å². The van der Waals surface area contributed by atoms with Gasteiger partial charge in [0.1, 0.15) is 11.6 Å². The summed E-state index contributed by atoms with van der Waals surface area (Å²) in [7, 11) is 1.58. The first-order valence-corrected chi connectivity index (χ1v) is 6.46. The van der Waals surface area contributed by atoms with E-state index in [0.29, 0.717) is 12.4 Å². The molecule has 1 aromatic rings. The van der Waals surface area contributed by atoms with Gasteiger partial charge in [-0.15, -0.1) is 0 Å². The number of nitrogens with zero attached hydrogens (tertiary/aromatic N) is 2. The van der Waals surface area contributed by atoms with E-state index in [2.05, 4.69) is 10.3 Å². The number of hydrogen-bond donors (Lipinski definition) is 2. The molecule has 0 aliphatic carbocycles. The number of aryl methyl sites for hydroxylation is 1. The van der Waals surface area contributed by atoms with Gasteiger partial charge in [0.15, 0.2) is 5.69 Å². The van der Waals surface area contributed by atoms with Gasteiger partial charge in [0.2, 0.25) is 5.91 Å². The highest BCUT2D eigenvalue weighted by Gasteiger charge is 2.30. The highest BCUT2D eigenvalue weighted by Crippen LogP contribution is 2.24. The minimum atomic E-state index is -0.666. The minimum Gasteiger partial charge on any atom is -0.461 e. The molecule has 0 atom stereocenters. The van der Waals surface area contributed by atoms with Crippen molar-refractivity contribution in [3.8, 4) is 0 Å². The number of aromatic nitrogens is 2. The second kappa shape index (κ2) is 5.94. The lowest BCUT2D eigenvalue weighted by molar-refractivity contribution is -0.129. The number of hydrogen-bond acceptors (Lipinski definition) is 5. The Kier molecular flexibility index (Phi) is 4.75. The number of nitrogens with one attached hydrogen (secondary N) is 1. The SMILES string of the molecule is CCOC(=O)c1nc(C)n(CC(C)(C)C(=O)NC)c1N. The van der Waals surface area contributed by atoms with Gasteiger partial charge in [-0.05, 0) is 27.7 Å². The van der Waals surface area contributed by atoms with Crippen molar-refractivity contribution in [1.29, 1.82) is 0 Å². The van der Waals surface area contributed by atoms with E-state index in [1.54, 1.807) is 39.3 Å². The zero-order valence-electron chi connectivity index (χ0n) is 12.6. The van der Waals surface area contributed by atoms with E-state index < -0.39 is 11.4 Å². The van der Waals surface area contributed by atoms with Crippen LogP contribution in [0.3, 0.4) is 0 Å². The second-order valence-electron chi connectivity index (χ2n) is 5.16. The van der Waals surface area contributed by atoms with Gasteiger partial charge in [-0.2, -0.15) is 0 Å². The summed E-state index contributed by atoms with van der Waals surface area (Å²) >= 11 is 0. The Morgan fingerprint density at radius 2 is 2.05 bits per heavy atom. The largest absolute Gasteiger partial charge is 0.461 e. The van der Waals surface area contributed by atoms with E-state index in [0.717, 1.165) is 0 Å². The first kappa shape index (κ1) is 16.0. The van der Waals surface area contributed by atoms with Crippen LogP contribution >= 0.6 is 0 Å². The third kappa shape index (κ3) is 3.09. The summed E-state index contributed by atoms with van der Waals surface area (Å²) in [6, 6.07) is 0. The summed E-state index contributed by atoms with van der Waals surface area (Å²) in [6.07, 6.45) is 0. The third-order valence-corrected chi connectivity index (χ3v) is 3.06. The van der Waals surface area contributed by atoms with Crippen LogP contribution in [0.25, 0.3) is 0 Å². The monoisotopic (exact) mass is 282 g/mol. The number of nitrogen functional groups attached to an aromatic ring is 1. The number of anilines is 1. The zero-order chi connectivity index (χ0) is 15.5. The standard InChI is InChI=1S/C13H22N4O3/c1-6-20-11(18)9-10(14)17(8(2)16-9)7-13(3,4)12(19)15-5/h6-7,14H2,1-5H3,(H,15,19). The quantitative estimate of drug-likeness (QED) is 0.775. The molecule has 112 valence electrons. The number of nitrogens with two attached hydrogens (primary N) is 1. The third-order valence-electron chi connectivity index (χ3n) is 3.06. The fraction of sp³-hybridized carbons (Fsp3) is 0.615. The number of imidazole rings is 1. The van der Waals surface area contributed by atoms with Gasteiger partial charge in [-0.25, -0.2) is 9.78 Å². The fourth-order valence-electron chi connectivity index (χ4n) is 1.94. The lowest BCUT2D eigenvalue weighted by atomic mass is 9.92.